The van der Waals surface area contributed by atoms with Gasteiger partial charge in [0.25, 0.3) is 0 Å². The van der Waals surface area contributed by atoms with Crippen LogP contribution in [0.1, 0.15) is 49.2 Å². The number of carbonyl (C=O) groups excluding carboxylic acids is 1. The zero-order chi connectivity index (χ0) is 21.2. The molecule has 2 heterocycles. The molecule has 3 rings (SSSR count). The molecule has 1 amide bonds. The van der Waals surface area contributed by atoms with Gasteiger partial charge in [-0.25, -0.2) is 8.42 Å². The third-order valence-corrected chi connectivity index (χ3v) is 7.67. The van der Waals surface area contributed by atoms with E-state index < -0.39 is 10.0 Å². The number of aryl methyl sites for hydroxylation is 1. The van der Waals surface area contributed by atoms with Gasteiger partial charge in [-0.1, -0.05) is 30.2 Å². The van der Waals surface area contributed by atoms with Crippen LogP contribution in [0.15, 0.2) is 29.2 Å². The predicted octanol–water partition coefficient (Wildman–Crippen LogP) is 3.21. The number of amides is 1. The Labute approximate surface area is 177 Å². The number of nitrogens with one attached hydrogen (secondary N) is 1. The van der Waals surface area contributed by atoms with Crippen LogP contribution in [0.4, 0.5) is 0 Å². The van der Waals surface area contributed by atoms with E-state index in [9.17, 15) is 13.2 Å². The van der Waals surface area contributed by atoms with Gasteiger partial charge in [-0.05, 0) is 51.3 Å². The molecule has 9 heteroatoms. The quantitative estimate of drug-likeness (QED) is 0.750. The number of nitrogens with zero attached hydrogens (tertiary/aromatic N) is 3. The van der Waals surface area contributed by atoms with Crippen molar-refractivity contribution in [3.8, 4) is 0 Å². The standard InChI is InChI=1S/C20H27ClN4O3S/c1-14(17-7-9-18(21)10-8-17)22-19(26)13-25-16(3)20(15(2)23-25)29(27,28)24-11-5-4-6-12-24/h7-10,14H,4-6,11-13H2,1-3H3,(H,22,26). The molecule has 0 bridgehead atoms. The van der Waals surface area contributed by atoms with Crippen molar-refractivity contribution in [1.29, 1.82) is 0 Å². The fraction of sp³-hybridized carbons (Fsp3) is 0.500. The molecule has 7 nitrogen and oxygen atoms in total. The molecule has 1 saturated heterocycles. The highest BCUT2D eigenvalue weighted by molar-refractivity contribution is 7.89. The molecule has 1 atom stereocenters. The van der Waals surface area contributed by atoms with E-state index in [0.29, 0.717) is 29.5 Å². The highest BCUT2D eigenvalue weighted by Gasteiger charge is 2.32. The van der Waals surface area contributed by atoms with Crippen molar-refractivity contribution in [2.45, 2.75) is 57.5 Å². The molecule has 1 aromatic carbocycles. The molecule has 0 saturated carbocycles. The van der Waals surface area contributed by atoms with Gasteiger partial charge < -0.3 is 5.32 Å². The first kappa shape index (κ1) is 21.8. The van der Waals surface area contributed by atoms with Crippen LogP contribution in [-0.2, 0) is 21.4 Å². The minimum atomic E-state index is -3.60. The van der Waals surface area contributed by atoms with Crippen molar-refractivity contribution in [3.05, 3.63) is 46.2 Å². The lowest BCUT2D eigenvalue weighted by atomic mass is 10.1. The van der Waals surface area contributed by atoms with Crippen LogP contribution in [0.2, 0.25) is 5.02 Å². The largest absolute Gasteiger partial charge is 0.348 e. The summed E-state index contributed by atoms with van der Waals surface area (Å²) in [5, 5.41) is 7.89. The maximum Gasteiger partial charge on any atom is 0.246 e. The minimum absolute atomic E-state index is 0.0415. The normalized spacial score (nSPS) is 16.6. The summed E-state index contributed by atoms with van der Waals surface area (Å²) in [7, 11) is -3.60. The molecule has 1 unspecified atom stereocenters. The number of aromatic nitrogens is 2. The highest BCUT2D eigenvalue weighted by atomic mass is 35.5. The second kappa shape index (κ2) is 8.85. The molecule has 1 N–H and O–H groups in total. The first-order valence-corrected chi connectivity index (χ1v) is 11.6. The smallest absolute Gasteiger partial charge is 0.246 e. The van der Waals surface area contributed by atoms with E-state index in [4.69, 9.17) is 11.6 Å². The Bertz CT molecular complexity index is 980. The minimum Gasteiger partial charge on any atom is -0.348 e. The second-order valence-electron chi connectivity index (χ2n) is 7.46. The first-order chi connectivity index (χ1) is 13.7. The molecule has 1 fully saturated rings. The van der Waals surface area contributed by atoms with Crippen LogP contribution in [-0.4, -0.2) is 41.5 Å². The number of carbonyl (C=O) groups is 1. The SMILES string of the molecule is Cc1nn(CC(=O)NC(C)c2ccc(Cl)cc2)c(C)c1S(=O)(=O)N1CCCCC1. The molecule has 0 aliphatic carbocycles. The van der Waals surface area contributed by atoms with Crippen LogP contribution in [0.3, 0.4) is 0 Å². The van der Waals surface area contributed by atoms with Crippen LogP contribution >= 0.6 is 11.6 Å². The summed E-state index contributed by atoms with van der Waals surface area (Å²) >= 11 is 5.91. The molecule has 1 aliphatic rings. The monoisotopic (exact) mass is 438 g/mol. The van der Waals surface area contributed by atoms with Crippen molar-refractivity contribution in [2.75, 3.05) is 13.1 Å². The van der Waals surface area contributed by atoms with Gasteiger partial charge in [0.05, 0.1) is 17.4 Å². The number of benzene rings is 1. The lowest BCUT2D eigenvalue weighted by Gasteiger charge is -2.26. The topological polar surface area (TPSA) is 84.3 Å². The zero-order valence-corrected chi connectivity index (χ0v) is 18.6. The van der Waals surface area contributed by atoms with E-state index in [1.165, 1.54) is 8.99 Å². The summed E-state index contributed by atoms with van der Waals surface area (Å²) < 4.78 is 29.2. The van der Waals surface area contributed by atoms with E-state index in [-0.39, 0.29) is 23.4 Å². The number of sulfonamides is 1. The third kappa shape index (κ3) is 4.82. The molecular weight excluding hydrogens is 412 g/mol. The summed E-state index contributed by atoms with van der Waals surface area (Å²) in [4.78, 5) is 12.7. The molecule has 29 heavy (non-hydrogen) atoms. The summed E-state index contributed by atoms with van der Waals surface area (Å²) in [6.45, 7) is 6.28. The summed E-state index contributed by atoms with van der Waals surface area (Å²) in [5.74, 6) is -0.236. The zero-order valence-electron chi connectivity index (χ0n) is 17.0. The average Bonchev–Trinajstić information content (AvgIpc) is 2.96. The highest BCUT2D eigenvalue weighted by Crippen LogP contribution is 2.26. The number of hydrogen-bond donors (Lipinski definition) is 1. The fourth-order valence-corrected chi connectivity index (χ4v) is 5.72. The van der Waals surface area contributed by atoms with Crippen LogP contribution < -0.4 is 5.32 Å². The summed E-state index contributed by atoms with van der Waals surface area (Å²) in [5.41, 5.74) is 1.85. The Morgan fingerprint density at radius 3 is 2.41 bits per heavy atom. The van der Waals surface area contributed by atoms with Crippen molar-refractivity contribution in [3.63, 3.8) is 0 Å². The number of piperidine rings is 1. The fourth-order valence-electron chi connectivity index (χ4n) is 3.70. The van der Waals surface area contributed by atoms with Crippen LogP contribution in [0.25, 0.3) is 0 Å². The molecule has 1 aliphatic heterocycles. The molecule has 2 aromatic rings. The Balaban J connectivity index is 1.74. The molecule has 0 spiro atoms. The lowest BCUT2D eigenvalue weighted by Crippen LogP contribution is -2.36. The number of rotatable bonds is 6. The first-order valence-electron chi connectivity index (χ1n) is 9.79. The average molecular weight is 439 g/mol. The number of hydrogen-bond acceptors (Lipinski definition) is 4. The van der Waals surface area contributed by atoms with E-state index in [1.54, 1.807) is 26.0 Å². The lowest BCUT2D eigenvalue weighted by molar-refractivity contribution is -0.122. The van der Waals surface area contributed by atoms with Gasteiger partial charge in [-0.3, -0.25) is 9.48 Å². The van der Waals surface area contributed by atoms with Gasteiger partial charge >= 0.3 is 0 Å². The maximum atomic E-state index is 13.1. The van der Waals surface area contributed by atoms with Gasteiger partial charge in [0.1, 0.15) is 11.4 Å². The van der Waals surface area contributed by atoms with Crippen LogP contribution in [0, 0.1) is 13.8 Å². The van der Waals surface area contributed by atoms with Crippen molar-refractivity contribution in [1.82, 2.24) is 19.4 Å². The van der Waals surface area contributed by atoms with Crippen molar-refractivity contribution in [2.24, 2.45) is 0 Å². The third-order valence-electron chi connectivity index (χ3n) is 5.27. The Hall–Kier alpha value is -1.90. The Morgan fingerprint density at radius 1 is 1.17 bits per heavy atom. The molecular formula is C20H27ClN4O3S. The van der Waals surface area contributed by atoms with Gasteiger partial charge in [0.15, 0.2) is 0 Å². The molecule has 0 radical (unpaired) electrons. The van der Waals surface area contributed by atoms with Crippen LogP contribution in [0.5, 0.6) is 0 Å². The van der Waals surface area contributed by atoms with Gasteiger partial charge in [-0.2, -0.15) is 9.40 Å². The van der Waals surface area contributed by atoms with E-state index >= 15 is 0 Å². The van der Waals surface area contributed by atoms with Crippen molar-refractivity contribution < 1.29 is 13.2 Å². The number of halogens is 1. The predicted molar refractivity (Wildman–Crippen MR) is 112 cm³/mol. The molecule has 158 valence electrons. The second-order valence-corrected chi connectivity index (χ2v) is 9.77. The summed E-state index contributed by atoms with van der Waals surface area (Å²) in [6.07, 6.45) is 2.79. The van der Waals surface area contributed by atoms with Gasteiger partial charge in [0.2, 0.25) is 15.9 Å². The Morgan fingerprint density at radius 2 is 1.79 bits per heavy atom. The van der Waals surface area contributed by atoms with E-state index in [0.717, 1.165) is 24.8 Å². The Kier molecular flexibility index (Phi) is 6.65. The van der Waals surface area contributed by atoms with E-state index in [1.807, 2.05) is 19.1 Å². The van der Waals surface area contributed by atoms with E-state index in [2.05, 4.69) is 10.4 Å². The molecule has 1 aromatic heterocycles. The van der Waals surface area contributed by atoms with Gasteiger partial charge in [0, 0.05) is 18.1 Å². The van der Waals surface area contributed by atoms with Crippen molar-refractivity contribution >= 4 is 27.5 Å². The maximum absolute atomic E-state index is 13.1. The summed E-state index contributed by atoms with van der Waals surface area (Å²) in [6, 6.07) is 7.07. The van der Waals surface area contributed by atoms with Gasteiger partial charge in [-0.15, -0.1) is 0 Å².